The van der Waals surface area contributed by atoms with Gasteiger partial charge in [0.1, 0.15) is 0 Å². The van der Waals surface area contributed by atoms with Gasteiger partial charge in [-0.1, -0.05) is 19.9 Å². The Morgan fingerprint density at radius 2 is 2.00 bits per heavy atom. The van der Waals surface area contributed by atoms with Crippen molar-refractivity contribution in [1.82, 2.24) is 4.72 Å². The Morgan fingerprint density at radius 3 is 2.59 bits per heavy atom. The smallest absolute Gasteiger partial charge is 0.240 e. The molecular formula is C12H20N2O2S. The van der Waals surface area contributed by atoms with E-state index in [1.807, 2.05) is 0 Å². The van der Waals surface area contributed by atoms with Crippen LogP contribution in [-0.4, -0.2) is 15.0 Å². The maximum Gasteiger partial charge on any atom is 0.240 e. The molecule has 3 N–H and O–H groups in total. The molecule has 0 spiro atoms. The highest BCUT2D eigenvalue weighted by Gasteiger charge is 2.17. The number of anilines is 1. The quantitative estimate of drug-likeness (QED) is 0.790. The van der Waals surface area contributed by atoms with Gasteiger partial charge in [0.15, 0.2) is 0 Å². The summed E-state index contributed by atoms with van der Waals surface area (Å²) >= 11 is 0. The second-order valence-electron chi connectivity index (χ2n) is 4.55. The molecule has 0 atom stereocenters. The van der Waals surface area contributed by atoms with Crippen LogP contribution in [0.15, 0.2) is 23.1 Å². The fourth-order valence-corrected chi connectivity index (χ4v) is 2.80. The zero-order chi connectivity index (χ0) is 13.1. The third-order valence-electron chi connectivity index (χ3n) is 2.63. The average molecular weight is 256 g/mol. The molecule has 0 fully saturated rings. The van der Waals surface area contributed by atoms with Crippen LogP contribution in [-0.2, 0) is 10.0 Å². The number of nitrogens with two attached hydrogens (primary N) is 1. The molecular weight excluding hydrogens is 236 g/mol. The molecule has 0 bridgehead atoms. The Morgan fingerprint density at radius 1 is 1.35 bits per heavy atom. The monoisotopic (exact) mass is 256 g/mol. The molecule has 0 saturated carbocycles. The lowest BCUT2D eigenvalue weighted by atomic mass is 10.1. The second-order valence-corrected chi connectivity index (χ2v) is 6.29. The van der Waals surface area contributed by atoms with E-state index in [0.29, 0.717) is 23.7 Å². The minimum absolute atomic E-state index is 0.265. The van der Waals surface area contributed by atoms with Gasteiger partial charge in [0.2, 0.25) is 10.0 Å². The van der Waals surface area contributed by atoms with Gasteiger partial charge < -0.3 is 5.73 Å². The fraction of sp³-hybridized carbons (Fsp3) is 0.500. The van der Waals surface area contributed by atoms with E-state index in [9.17, 15) is 8.42 Å². The predicted molar refractivity (Wildman–Crippen MR) is 70.2 cm³/mol. The summed E-state index contributed by atoms with van der Waals surface area (Å²) in [5.74, 6) is 0.472. The summed E-state index contributed by atoms with van der Waals surface area (Å²) in [4.78, 5) is 0.265. The minimum Gasteiger partial charge on any atom is -0.398 e. The van der Waals surface area contributed by atoms with Gasteiger partial charge in [0.05, 0.1) is 4.90 Å². The van der Waals surface area contributed by atoms with E-state index in [1.165, 1.54) is 0 Å². The van der Waals surface area contributed by atoms with Gasteiger partial charge in [-0.2, -0.15) is 0 Å². The van der Waals surface area contributed by atoms with Crippen molar-refractivity contribution < 1.29 is 8.42 Å². The first-order valence-electron chi connectivity index (χ1n) is 5.69. The average Bonchev–Trinajstić information content (AvgIpc) is 2.21. The standard InChI is InChI=1S/C12H20N2O2S/c1-9(2)7-8-14-17(15,16)12-6-4-5-11(13)10(12)3/h4-6,9,14H,7-8,13H2,1-3H3. The van der Waals surface area contributed by atoms with E-state index in [-0.39, 0.29) is 4.90 Å². The fourth-order valence-electron chi connectivity index (χ4n) is 1.48. The number of benzene rings is 1. The number of hydrogen-bond donors (Lipinski definition) is 2. The SMILES string of the molecule is Cc1c(N)cccc1S(=O)(=O)NCCC(C)C. The highest BCUT2D eigenvalue weighted by Crippen LogP contribution is 2.20. The van der Waals surface area contributed by atoms with Crippen LogP contribution in [0.5, 0.6) is 0 Å². The Balaban J connectivity index is 2.87. The Labute approximate surface area is 103 Å². The van der Waals surface area contributed by atoms with Crippen LogP contribution in [0.3, 0.4) is 0 Å². The van der Waals surface area contributed by atoms with Crippen LogP contribution in [0.4, 0.5) is 5.69 Å². The van der Waals surface area contributed by atoms with E-state index >= 15 is 0 Å². The number of rotatable bonds is 5. The van der Waals surface area contributed by atoms with E-state index in [4.69, 9.17) is 5.73 Å². The van der Waals surface area contributed by atoms with Crippen LogP contribution in [0.2, 0.25) is 0 Å². The summed E-state index contributed by atoms with van der Waals surface area (Å²) in [6, 6.07) is 4.92. The lowest BCUT2D eigenvalue weighted by molar-refractivity contribution is 0.551. The minimum atomic E-state index is -3.44. The van der Waals surface area contributed by atoms with E-state index < -0.39 is 10.0 Å². The first-order valence-corrected chi connectivity index (χ1v) is 7.17. The number of nitrogens with one attached hydrogen (secondary N) is 1. The van der Waals surface area contributed by atoms with E-state index in [1.54, 1.807) is 25.1 Å². The third-order valence-corrected chi connectivity index (χ3v) is 4.23. The Hall–Kier alpha value is -1.07. The van der Waals surface area contributed by atoms with Crippen LogP contribution in [0.25, 0.3) is 0 Å². The van der Waals surface area contributed by atoms with Crippen LogP contribution in [0.1, 0.15) is 25.8 Å². The van der Waals surface area contributed by atoms with Gasteiger partial charge >= 0.3 is 0 Å². The van der Waals surface area contributed by atoms with Gasteiger partial charge in [0, 0.05) is 12.2 Å². The van der Waals surface area contributed by atoms with E-state index in [2.05, 4.69) is 18.6 Å². The maximum atomic E-state index is 12.0. The summed E-state index contributed by atoms with van der Waals surface area (Å²) in [6.07, 6.45) is 0.820. The molecule has 17 heavy (non-hydrogen) atoms. The lowest BCUT2D eigenvalue weighted by Gasteiger charge is -2.11. The van der Waals surface area contributed by atoms with Crippen molar-refractivity contribution in [2.24, 2.45) is 5.92 Å². The third kappa shape index (κ3) is 3.71. The lowest BCUT2D eigenvalue weighted by Crippen LogP contribution is -2.26. The molecule has 0 heterocycles. The van der Waals surface area contributed by atoms with Gasteiger partial charge in [-0.3, -0.25) is 0 Å². The van der Waals surface area contributed by atoms with Crippen molar-refractivity contribution in [3.05, 3.63) is 23.8 Å². The summed E-state index contributed by atoms with van der Waals surface area (Å²) in [5.41, 5.74) is 6.80. The Kier molecular flexibility index (Phi) is 4.54. The second kappa shape index (κ2) is 5.51. The summed E-state index contributed by atoms with van der Waals surface area (Å²) in [6.45, 7) is 6.28. The Bertz CT molecular complexity index is 481. The number of sulfonamides is 1. The van der Waals surface area contributed by atoms with Crippen LogP contribution in [0, 0.1) is 12.8 Å². The highest BCUT2D eigenvalue weighted by molar-refractivity contribution is 7.89. The van der Waals surface area contributed by atoms with Crippen molar-refractivity contribution >= 4 is 15.7 Å². The molecule has 0 unspecified atom stereocenters. The van der Waals surface area contributed by atoms with Gasteiger partial charge in [-0.15, -0.1) is 0 Å². The molecule has 4 nitrogen and oxygen atoms in total. The van der Waals surface area contributed by atoms with Crippen molar-refractivity contribution in [2.75, 3.05) is 12.3 Å². The van der Waals surface area contributed by atoms with Crippen LogP contribution >= 0.6 is 0 Å². The topological polar surface area (TPSA) is 72.2 Å². The van der Waals surface area contributed by atoms with Gasteiger partial charge in [-0.05, 0) is 37.0 Å². The molecule has 1 aromatic rings. The molecule has 96 valence electrons. The zero-order valence-corrected chi connectivity index (χ0v) is 11.3. The van der Waals surface area contributed by atoms with E-state index in [0.717, 1.165) is 6.42 Å². The molecule has 0 saturated heterocycles. The van der Waals surface area contributed by atoms with Crippen molar-refractivity contribution in [3.8, 4) is 0 Å². The van der Waals surface area contributed by atoms with Gasteiger partial charge in [-0.25, -0.2) is 13.1 Å². The molecule has 0 aliphatic heterocycles. The summed E-state index contributed by atoms with van der Waals surface area (Å²) in [7, 11) is -3.44. The molecule has 0 aliphatic rings. The molecule has 1 aromatic carbocycles. The summed E-state index contributed by atoms with van der Waals surface area (Å²) < 4.78 is 26.6. The molecule has 0 radical (unpaired) electrons. The summed E-state index contributed by atoms with van der Waals surface area (Å²) in [5, 5.41) is 0. The normalized spacial score (nSPS) is 12.0. The van der Waals surface area contributed by atoms with Crippen molar-refractivity contribution in [3.63, 3.8) is 0 Å². The van der Waals surface area contributed by atoms with Gasteiger partial charge in [0.25, 0.3) is 0 Å². The molecule has 5 heteroatoms. The van der Waals surface area contributed by atoms with Crippen molar-refractivity contribution in [1.29, 1.82) is 0 Å². The maximum absolute atomic E-state index is 12.0. The van der Waals surface area contributed by atoms with Crippen molar-refractivity contribution in [2.45, 2.75) is 32.1 Å². The molecule has 0 amide bonds. The first-order chi connectivity index (χ1) is 7.84. The number of nitrogen functional groups attached to an aromatic ring is 1. The predicted octanol–water partition coefficient (Wildman–Crippen LogP) is 1.90. The molecule has 1 rings (SSSR count). The molecule has 0 aliphatic carbocycles. The first kappa shape index (κ1) is 14.0. The molecule has 0 aromatic heterocycles. The largest absolute Gasteiger partial charge is 0.398 e. The highest BCUT2D eigenvalue weighted by atomic mass is 32.2. The zero-order valence-electron chi connectivity index (χ0n) is 10.5. The van der Waals surface area contributed by atoms with Crippen LogP contribution < -0.4 is 10.5 Å². The number of hydrogen-bond acceptors (Lipinski definition) is 3.